The van der Waals surface area contributed by atoms with Crippen LogP contribution >= 0.6 is 11.6 Å². The lowest BCUT2D eigenvalue weighted by Crippen LogP contribution is -2.22. The summed E-state index contributed by atoms with van der Waals surface area (Å²) in [5.74, 6) is 2.10. The molecule has 1 aliphatic carbocycles. The van der Waals surface area contributed by atoms with E-state index >= 15 is 0 Å². The average molecular weight is 374 g/mol. The third-order valence-corrected chi connectivity index (χ3v) is 5.54. The van der Waals surface area contributed by atoms with E-state index in [9.17, 15) is 4.79 Å². The lowest BCUT2D eigenvalue weighted by Gasteiger charge is -2.28. The van der Waals surface area contributed by atoms with Gasteiger partial charge >= 0.3 is 6.41 Å². The van der Waals surface area contributed by atoms with Gasteiger partial charge in [0.1, 0.15) is 5.82 Å². The monoisotopic (exact) mass is 373 g/mol. The second-order valence-electron chi connectivity index (χ2n) is 6.96. The van der Waals surface area contributed by atoms with Crippen LogP contribution in [0.25, 0.3) is 5.69 Å². The molecule has 1 amide bonds. The van der Waals surface area contributed by atoms with Crippen LogP contribution in [-0.4, -0.2) is 38.8 Å². The number of halogens is 1. The van der Waals surface area contributed by atoms with Gasteiger partial charge in [-0.1, -0.05) is 11.6 Å². The lowest BCUT2D eigenvalue weighted by atomic mass is 9.86. The van der Waals surface area contributed by atoms with Crippen LogP contribution in [0.3, 0.4) is 0 Å². The summed E-state index contributed by atoms with van der Waals surface area (Å²) in [5, 5.41) is 9.56. The number of ether oxygens (including phenoxy) is 1. The van der Waals surface area contributed by atoms with E-state index < -0.39 is 0 Å². The zero-order chi connectivity index (χ0) is 18.1. The molecule has 2 aliphatic rings. The van der Waals surface area contributed by atoms with Crippen molar-refractivity contribution in [1.29, 1.82) is 0 Å². The molecule has 2 heterocycles. The Balaban J connectivity index is 1.70. The minimum absolute atomic E-state index is 0.350. The van der Waals surface area contributed by atoms with Gasteiger partial charge < -0.3 is 9.64 Å². The predicted octanol–water partition coefficient (Wildman–Crippen LogP) is 3.37. The molecule has 0 atom stereocenters. The van der Waals surface area contributed by atoms with E-state index in [0.29, 0.717) is 30.1 Å². The number of rotatable bonds is 4. The van der Waals surface area contributed by atoms with Crippen LogP contribution < -0.4 is 0 Å². The van der Waals surface area contributed by atoms with E-state index in [4.69, 9.17) is 16.3 Å². The first-order valence-corrected chi connectivity index (χ1v) is 9.54. The standard InChI is InChI=1S/C19H22ClN4O2/c1-2-26-16-6-3-13(4-7-16)19-22-21-18-11-23(12-25)10-14-9-15(20)5-8-17(14)24(18)19/h5,8-9,13,16H,2-4,6-7,10-11H2,1H3. The Morgan fingerprint density at radius 1 is 1.23 bits per heavy atom. The molecule has 0 unspecified atom stereocenters. The van der Waals surface area contributed by atoms with Crippen molar-refractivity contribution in [3.05, 3.63) is 40.4 Å². The van der Waals surface area contributed by atoms with E-state index in [1.807, 2.05) is 31.5 Å². The van der Waals surface area contributed by atoms with Crippen LogP contribution in [0.5, 0.6) is 0 Å². The third-order valence-electron chi connectivity index (χ3n) is 5.30. The van der Waals surface area contributed by atoms with Crippen LogP contribution in [0, 0.1) is 0 Å². The number of benzene rings is 1. The predicted molar refractivity (Wildman–Crippen MR) is 97.9 cm³/mol. The fraction of sp³-hybridized carbons (Fsp3) is 0.526. The van der Waals surface area contributed by atoms with Gasteiger partial charge in [-0.3, -0.25) is 9.36 Å². The van der Waals surface area contributed by atoms with E-state index in [0.717, 1.165) is 55.2 Å². The molecule has 1 radical (unpaired) electrons. The number of amides is 1. The lowest BCUT2D eigenvalue weighted by molar-refractivity contribution is 0.0321. The molecule has 0 saturated heterocycles. The van der Waals surface area contributed by atoms with E-state index in [-0.39, 0.29) is 0 Å². The van der Waals surface area contributed by atoms with Crippen molar-refractivity contribution in [2.45, 2.75) is 57.7 Å². The zero-order valence-corrected chi connectivity index (χ0v) is 15.6. The van der Waals surface area contributed by atoms with E-state index in [1.165, 1.54) is 0 Å². The smallest absolute Gasteiger partial charge is 0.312 e. The fourth-order valence-electron chi connectivity index (χ4n) is 4.08. The Hall–Kier alpha value is -1.92. The maximum atomic E-state index is 11.3. The first-order valence-electron chi connectivity index (χ1n) is 9.17. The normalized spacial score (nSPS) is 22.5. The van der Waals surface area contributed by atoms with Crippen molar-refractivity contribution in [3.8, 4) is 5.69 Å². The highest BCUT2D eigenvalue weighted by atomic mass is 35.5. The minimum Gasteiger partial charge on any atom is -0.379 e. The molecule has 1 aromatic carbocycles. The highest BCUT2D eigenvalue weighted by Gasteiger charge is 2.30. The van der Waals surface area contributed by atoms with E-state index in [2.05, 4.69) is 14.8 Å². The summed E-state index contributed by atoms with van der Waals surface area (Å²) < 4.78 is 7.89. The summed E-state index contributed by atoms with van der Waals surface area (Å²) in [6.45, 7) is 3.68. The molecule has 1 aliphatic heterocycles. The third kappa shape index (κ3) is 3.23. The first-order chi connectivity index (χ1) is 12.7. The molecule has 2 aromatic rings. The molecule has 137 valence electrons. The highest BCUT2D eigenvalue weighted by molar-refractivity contribution is 6.30. The van der Waals surface area contributed by atoms with Crippen LogP contribution in [0.1, 0.15) is 55.7 Å². The minimum atomic E-state index is 0.350. The molecule has 26 heavy (non-hydrogen) atoms. The van der Waals surface area contributed by atoms with Crippen molar-refractivity contribution in [3.63, 3.8) is 0 Å². The number of nitrogens with zero attached hydrogens (tertiary/aromatic N) is 4. The molecule has 0 N–H and O–H groups in total. The summed E-state index contributed by atoms with van der Waals surface area (Å²) in [6, 6.07) is 5.78. The van der Waals surface area contributed by atoms with Gasteiger partial charge in [-0.25, -0.2) is 0 Å². The number of hydrogen-bond acceptors (Lipinski definition) is 4. The number of hydrogen-bond donors (Lipinski definition) is 0. The van der Waals surface area contributed by atoms with Gasteiger partial charge in [-0.2, -0.15) is 0 Å². The topological polar surface area (TPSA) is 60.3 Å². The highest BCUT2D eigenvalue weighted by Crippen LogP contribution is 2.36. The van der Waals surface area contributed by atoms with Gasteiger partial charge in [0.15, 0.2) is 5.82 Å². The second-order valence-corrected chi connectivity index (χ2v) is 7.40. The van der Waals surface area contributed by atoms with Gasteiger partial charge in [-0.15, -0.1) is 10.2 Å². The maximum Gasteiger partial charge on any atom is 0.312 e. The molecule has 0 spiro atoms. The zero-order valence-electron chi connectivity index (χ0n) is 14.8. The van der Waals surface area contributed by atoms with Crippen molar-refractivity contribution < 1.29 is 9.53 Å². The Morgan fingerprint density at radius 3 is 2.77 bits per heavy atom. The van der Waals surface area contributed by atoms with Crippen molar-refractivity contribution in [2.24, 2.45) is 0 Å². The summed E-state index contributed by atoms with van der Waals surface area (Å²) in [5.41, 5.74) is 2.00. The van der Waals surface area contributed by atoms with E-state index in [1.54, 1.807) is 4.90 Å². The molecule has 7 heteroatoms. The van der Waals surface area contributed by atoms with Crippen LogP contribution in [-0.2, 0) is 22.6 Å². The molecule has 0 bridgehead atoms. The number of aromatic nitrogens is 3. The van der Waals surface area contributed by atoms with Gasteiger partial charge in [-0.05, 0) is 56.4 Å². The second kappa shape index (κ2) is 7.37. The molecule has 4 rings (SSSR count). The van der Waals surface area contributed by atoms with Gasteiger partial charge in [0.25, 0.3) is 0 Å². The fourth-order valence-corrected chi connectivity index (χ4v) is 4.27. The largest absolute Gasteiger partial charge is 0.379 e. The first kappa shape index (κ1) is 17.5. The average Bonchev–Trinajstić information content (AvgIpc) is 2.98. The summed E-state index contributed by atoms with van der Waals surface area (Å²) in [4.78, 5) is 12.9. The van der Waals surface area contributed by atoms with Gasteiger partial charge in [0, 0.05) is 24.1 Å². The summed E-state index contributed by atoms with van der Waals surface area (Å²) >= 11 is 6.18. The molecule has 1 fully saturated rings. The van der Waals surface area contributed by atoms with Crippen LogP contribution in [0.2, 0.25) is 5.02 Å². The number of fused-ring (bicyclic) bond motifs is 3. The Labute approximate surface area is 158 Å². The van der Waals surface area contributed by atoms with Crippen LogP contribution in [0.4, 0.5) is 0 Å². The Kier molecular flexibility index (Phi) is 4.96. The molecular weight excluding hydrogens is 352 g/mol. The van der Waals surface area contributed by atoms with Crippen molar-refractivity contribution in [1.82, 2.24) is 19.7 Å². The van der Waals surface area contributed by atoms with Crippen LogP contribution in [0.15, 0.2) is 18.2 Å². The van der Waals surface area contributed by atoms with Gasteiger partial charge in [0.05, 0.1) is 18.3 Å². The SMILES string of the molecule is CCOC1CCC(c2nnc3n2-c2ccc(Cl)cc2CN([C]=O)C3)CC1. The Bertz CT molecular complexity index is 799. The molecule has 6 nitrogen and oxygen atoms in total. The van der Waals surface area contributed by atoms with Crippen molar-refractivity contribution >= 4 is 18.0 Å². The van der Waals surface area contributed by atoms with Gasteiger partial charge in [0.2, 0.25) is 0 Å². The molecule has 1 saturated carbocycles. The Morgan fingerprint density at radius 2 is 2.04 bits per heavy atom. The summed E-state index contributed by atoms with van der Waals surface area (Å²) in [7, 11) is 0. The molecule has 1 aromatic heterocycles. The van der Waals surface area contributed by atoms with Crippen molar-refractivity contribution in [2.75, 3.05) is 6.61 Å². The summed E-state index contributed by atoms with van der Waals surface area (Å²) in [6.07, 6.45) is 6.51. The number of carbonyl (C=O) groups excluding carboxylic acids is 1. The maximum absolute atomic E-state index is 11.3. The quantitative estimate of drug-likeness (QED) is 0.824. The molecular formula is C19H22ClN4O2.